The summed E-state index contributed by atoms with van der Waals surface area (Å²) in [5.74, 6) is -0.108. The van der Waals surface area contributed by atoms with Crippen LogP contribution in [-0.4, -0.2) is 12.5 Å². The average molecular weight is 486 g/mol. The molecular formula is C19H14F3IN2O2. The molecule has 2 aromatic rings. The Morgan fingerprint density at radius 1 is 1.30 bits per heavy atom. The van der Waals surface area contributed by atoms with Crippen LogP contribution in [0.25, 0.3) is 6.08 Å². The van der Waals surface area contributed by atoms with Crippen LogP contribution >= 0.6 is 22.6 Å². The molecule has 0 spiro atoms. The number of nitrogens with one attached hydrogen (secondary N) is 1. The van der Waals surface area contributed by atoms with Gasteiger partial charge in [0.15, 0.2) is 0 Å². The number of hydrogen-bond acceptors (Lipinski definition) is 3. The molecule has 8 heteroatoms. The summed E-state index contributed by atoms with van der Waals surface area (Å²) in [6, 6.07) is 11.1. The first-order valence-corrected chi connectivity index (χ1v) is 8.85. The number of alkyl halides is 3. The van der Waals surface area contributed by atoms with Gasteiger partial charge in [-0.25, -0.2) is 0 Å². The molecule has 0 aliphatic carbocycles. The Kier molecular flexibility index (Phi) is 6.85. The fraction of sp³-hybridized carbons (Fsp3) is 0.158. The van der Waals surface area contributed by atoms with Crippen molar-refractivity contribution in [2.45, 2.75) is 13.1 Å². The van der Waals surface area contributed by atoms with E-state index in [1.165, 1.54) is 18.2 Å². The molecule has 0 heterocycles. The lowest BCUT2D eigenvalue weighted by Crippen LogP contribution is -2.14. The van der Waals surface area contributed by atoms with Gasteiger partial charge in [-0.15, -0.1) is 0 Å². The Morgan fingerprint density at radius 2 is 2.04 bits per heavy atom. The summed E-state index contributed by atoms with van der Waals surface area (Å²) in [5, 5.41) is 11.6. The molecular weight excluding hydrogens is 472 g/mol. The molecule has 0 radical (unpaired) electrons. The summed E-state index contributed by atoms with van der Waals surface area (Å²) < 4.78 is 44.5. The molecule has 0 aliphatic rings. The molecule has 0 aliphatic heterocycles. The fourth-order valence-corrected chi connectivity index (χ4v) is 2.86. The second-order valence-electron chi connectivity index (χ2n) is 5.33. The smallest absolute Gasteiger partial charge is 0.416 e. The second kappa shape index (κ2) is 8.90. The number of ether oxygens (including phenoxy) is 1. The van der Waals surface area contributed by atoms with Crippen molar-refractivity contribution in [1.29, 1.82) is 5.26 Å². The summed E-state index contributed by atoms with van der Waals surface area (Å²) >= 11 is 2.07. The lowest BCUT2D eigenvalue weighted by molar-refractivity contribution is -0.137. The molecule has 1 N–H and O–H groups in total. The number of amides is 1. The molecule has 0 atom stereocenters. The third-order valence-corrected chi connectivity index (χ3v) is 4.22. The minimum Gasteiger partial charge on any atom is -0.493 e. The quantitative estimate of drug-likeness (QED) is 0.357. The topological polar surface area (TPSA) is 62.1 Å². The van der Waals surface area contributed by atoms with Gasteiger partial charge in [-0.2, -0.15) is 18.4 Å². The highest BCUT2D eigenvalue weighted by Gasteiger charge is 2.30. The normalized spacial score (nSPS) is 11.6. The highest BCUT2D eigenvalue weighted by molar-refractivity contribution is 14.1. The lowest BCUT2D eigenvalue weighted by Gasteiger charge is -2.10. The zero-order valence-corrected chi connectivity index (χ0v) is 16.3. The number of nitriles is 1. The molecule has 1 amide bonds. The SMILES string of the molecule is CCOc1ccc(/C=C(/C#N)C(=O)Nc2cccc(C(F)(F)F)c2)cc1I. The van der Waals surface area contributed by atoms with E-state index in [4.69, 9.17) is 4.74 Å². The minimum atomic E-state index is -4.52. The molecule has 2 aromatic carbocycles. The van der Waals surface area contributed by atoms with Gasteiger partial charge in [-0.1, -0.05) is 12.1 Å². The van der Waals surface area contributed by atoms with E-state index >= 15 is 0 Å². The van der Waals surface area contributed by atoms with Gasteiger partial charge >= 0.3 is 6.18 Å². The zero-order chi connectivity index (χ0) is 20.0. The Hall–Kier alpha value is -2.54. The minimum absolute atomic E-state index is 0.0442. The van der Waals surface area contributed by atoms with Gasteiger partial charge in [0.05, 0.1) is 15.7 Å². The molecule has 4 nitrogen and oxygen atoms in total. The van der Waals surface area contributed by atoms with Crippen molar-refractivity contribution in [3.63, 3.8) is 0 Å². The van der Waals surface area contributed by atoms with Gasteiger partial charge in [0.1, 0.15) is 17.4 Å². The number of hydrogen-bond donors (Lipinski definition) is 1. The van der Waals surface area contributed by atoms with E-state index in [0.29, 0.717) is 17.9 Å². The van der Waals surface area contributed by atoms with Crippen LogP contribution < -0.4 is 10.1 Å². The maximum Gasteiger partial charge on any atom is 0.416 e. The van der Waals surface area contributed by atoms with Crippen LogP contribution in [0.5, 0.6) is 5.75 Å². The number of halogens is 4. The van der Waals surface area contributed by atoms with Gasteiger partial charge in [0.2, 0.25) is 0 Å². The number of rotatable bonds is 5. The summed E-state index contributed by atoms with van der Waals surface area (Å²) in [5.41, 5.74) is -0.563. The second-order valence-corrected chi connectivity index (χ2v) is 6.49. The van der Waals surface area contributed by atoms with Crippen LogP contribution in [0.2, 0.25) is 0 Å². The molecule has 0 fully saturated rings. The van der Waals surface area contributed by atoms with E-state index in [9.17, 15) is 23.2 Å². The Labute approximate surface area is 167 Å². The van der Waals surface area contributed by atoms with Gasteiger partial charge < -0.3 is 10.1 Å². The van der Waals surface area contributed by atoms with Crippen molar-refractivity contribution in [3.05, 3.63) is 62.7 Å². The number of anilines is 1. The van der Waals surface area contributed by atoms with Crippen molar-refractivity contribution in [1.82, 2.24) is 0 Å². The van der Waals surface area contributed by atoms with Gasteiger partial charge in [0, 0.05) is 5.69 Å². The van der Waals surface area contributed by atoms with Gasteiger partial charge in [0.25, 0.3) is 5.91 Å². The maximum atomic E-state index is 12.8. The van der Waals surface area contributed by atoms with Crippen LogP contribution in [0.3, 0.4) is 0 Å². The van der Waals surface area contributed by atoms with Crippen LogP contribution in [-0.2, 0) is 11.0 Å². The third kappa shape index (κ3) is 5.72. The Balaban J connectivity index is 2.22. The largest absolute Gasteiger partial charge is 0.493 e. The van der Waals surface area contributed by atoms with E-state index in [-0.39, 0.29) is 11.3 Å². The number of benzene rings is 2. The van der Waals surface area contributed by atoms with E-state index in [1.54, 1.807) is 24.3 Å². The highest BCUT2D eigenvalue weighted by atomic mass is 127. The summed E-state index contributed by atoms with van der Waals surface area (Å²) in [4.78, 5) is 12.3. The van der Waals surface area contributed by atoms with Crippen LogP contribution in [0.4, 0.5) is 18.9 Å². The average Bonchev–Trinajstić information content (AvgIpc) is 2.61. The fourth-order valence-electron chi connectivity index (χ4n) is 2.17. The molecule has 0 saturated carbocycles. The maximum absolute atomic E-state index is 12.8. The molecule has 2 rings (SSSR count). The Morgan fingerprint density at radius 3 is 2.63 bits per heavy atom. The van der Waals surface area contributed by atoms with Gasteiger partial charge in [-0.05, 0) is 71.5 Å². The number of carbonyl (C=O) groups is 1. The van der Waals surface area contributed by atoms with Crippen LogP contribution in [0.1, 0.15) is 18.1 Å². The van der Waals surface area contributed by atoms with E-state index in [0.717, 1.165) is 15.7 Å². The van der Waals surface area contributed by atoms with Crippen molar-refractivity contribution >= 4 is 40.3 Å². The predicted molar refractivity (Wildman–Crippen MR) is 104 cm³/mol. The number of nitrogens with zero attached hydrogens (tertiary/aromatic N) is 1. The molecule has 0 saturated heterocycles. The molecule has 140 valence electrons. The Bertz CT molecular complexity index is 918. The molecule has 0 aromatic heterocycles. The lowest BCUT2D eigenvalue weighted by atomic mass is 10.1. The van der Waals surface area contributed by atoms with E-state index in [2.05, 4.69) is 27.9 Å². The number of carbonyl (C=O) groups excluding carboxylic acids is 1. The standard InChI is InChI=1S/C19H14F3IN2O2/c1-2-27-17-7-6-12(9-16(17)23)8-13(11-24)18(26)25-15-5-3-4-14(10-15)19(20,21)22/h3-10H,2H2,1H3,(H,25,26)/b13-8-. The summed E-state index contributed by atoms with van der Waals surface area (Å²) in [7, 11) is 0. The first kappa shape index (κ1) is 20.8. The van der Waals surface area contributed by atoms with E-state index < -0.39 is 17.6 Å². The van der Waals surface area contributed by atoms with Crippen molar-refractivity contribution in [2.75, 3.05) is 11.9 Å². The van der Waals surface area contributed by atoms with Crippen molar-refractivity contribution < 1.29 is 22.7 Å². The van der Waals surface area contributed by atoms with E-state index in [1.807, 2.05) is 6.92 Å². The van der Waals surface area contributed by atoms with Crippen molar-refractivity contribution in [2.24, 2.45) is 0 Å². The molecule has 0 unspecified atom stereocenters. The predicted octanol–water partition coefficient (Wildman–Crippen LogP) is 5.25. The highest BCUT2D eigenvalue weighted by Crippen LogP contribution is 2.30. The van der Waals surface area contributed by atoms with Crippen LogP contribution in [0.15, 0.2) is 48.0 Å². The monoisotopic (exact) mass is 486 g/mol. The van der Waals surface area contributed by atoms with Crippen LogP contribution in [0, 0.1) is 14.9 Å². The first-order chi connectivity index (χ1) is 12.7. The first-order valence-electron chi connectivity index (χ1n) is 7.77. The third-order valence-electron chi connectivity index (χ3n) is 3.38. The molecule has 0 bridgehead atoms. The van der Waals surface area contributed by atoms with Crippen molar-refractivity contribution in [3.8, 4) is 11.8 Å². The molecule has 27 heavy (non-hydrogen) atoms. The van der Waals surface area contributed by atoms with Gasteiger partial charge in [-0.3, -0.25) is 4.79 Å². The zero-order valence-electron chi connectivity index (χ0n) is 14.1. The summed E-state index contributed by atoms with van der Waals surface area (Å²) in [6.07, 6.45) is -3.16. The summed E-state index contributed by atoms with van der Waals surface area (Å²) in [6.45, 7) is 2.36.